The van der Waals surface area contributed by atoms with E-state index in [0.717, 1.165) is 12.8 Å². The molecule has 3 rings (SSSR count). The van der Waals surface area contributed by atoms with Crippen LogP contribution in [0.25, 0.3) is 0 Å². The summed E-state index contributed by atoms with van der Waals surface area (Å²) < 4.78 is 23.0. The first-order valence-electron chi connectivity index (χ1n) is 22.2. The van der Waals surface area contributed by atoms with Gasteiger partial charge in [0.25, 0.3) is 0 Å². The van der Waals surface area contributed by atoms with Crippen LogP contribution < -0.4 is 5.73 Å². The van der Waals surface area contributed by atoms with Gasteiger partial charge in [-0.3, -0.25) is 9.59 Å². The number of aliphatic carboxylic acids is 1. The number of carbonyl (C=O) groups is 2. The molecular formula is C46H73NO17. The van der Waals surface area contributed by atoms with Gasteiger partial charge in [-0.15, -0.1) is 0 Å². The van der Waals surface area contributed by atoms with Crippen LogP contribution in [-0.2, 0) is 28.5 Å². The van der Waals surface area contributed by atoms with Crippen molar-refractivity contribution in [3.63, 3.8) is 0 Å². The maximum absolute atomic E-state index is 12.5. The number of aliphatic hydroxyl groups excluding tert-OH is 9. The molecular weight excluding hydrogens is 838 g/mol. The molecule has 2 saturated heterocycles. The normalized spacial score (nSPS) is 44.6. The molecule has 18 nitrogen and oxygen atoms in total. The van der Waals surface area contributed by atoms with Crippen LogP contribution in [0.3, 0.4) is 0 Å². The largest absolute Gasteiger partial charge is 0.481 e. The van der Waals surface area contributed by atoms with E-state index in [0.29, 0.717) is 0 Å². The van der Waals surface area contributed by atoms with Gasteiger partial charge in [-0.05, 0) is 52.4 Å². The fourth-order valence-corrected chi connectivity index (χ4v) is 7.88. The number of rotatable bonds is 3. The third-order valence-corrected chi connectivity index (χ3v) is 11.6. The van der Waals surface area contributed by atoms with E-state index in [1.165, 1.54) is 13.0 Å². The molecule has 13 N–H and O–H groups in total. The van der Waals surface area contributed by atoms with Crippen LogP contribution in [-0.4, -0.2) is 166 Å². The van der Waals surface area contributed by atoms with Crippen LogP contribution in [0, 0.1) is 11.8 Å². The molecule has 0 spiro atoms. The molecule has 0 aromatic rings. The Morgan fingerprint density at radius 2 is 1.30 bits per heavy atom. The molecule has 2 bridgehead atoms. The molecule has 0 aliphatic carbocycles. The predicted molar refractivity (Wildman–Crippen MR) is 233 cm³/mol. The van der Waals surface area contributed by atoms with Crippen molar-refractivity contribution in [1.29, 1.82) is 0 Å². The molecule has 18 heteroatoms. The fraction of sp³-hybridized carbons (Fsp3) is 0.696. The third kappa shape index (κ3) is 19.0. The van der Waals surface area contributed by atoms with E-state index >= 15 is 0 Å². The van der Waals surface area contributed by atoms with Gasteiger partial charge in [-0.2, -0.15) is 0 Å². The van der Waals surface area contributed by atoms with Crippen LogP contribution in [0.15, 0.2) is 72.9 Å². The van der Waals surface area contributed by atoms with Crippen molar-refractivity contribution in [2.24, 2.45) is 17.6 Å². The third-order valence-electron chi connectivity index (χ3n) is 11.6. The number of ether oxygens (including phenoxy) is 4. The molecule has 364 valence electrons. The fourth-order valence-electron chi connectivity index (χ4n) is 7.88. The zero-order valence-corrected chi connectivity index (χ0v) is 37.0. The van der Waals surface area contributed by atoms with E-state index in [1.807, 2.05) is 49.5 Å². The van der Waals surface area contributed by atoms with Gasteiger partial charge in [0.1, 0.15) is 18.1 Å². The smallest absolute Gasteiger partial charge is 0.311 e. The van der Waals surface area contributed by atoms with Crippen molar-refractivity contribution in [2.75, 3.05) is 0 Å². The van der Waals surface area contributed by atoms with Crippen molar-refractivity contribution in [3.05, 3.63) is 72.9 Å². The van der Waals surface area contributed by atoms with Crippen molar-refractivity contribution in [2.45, 2.75) is 189 Å². The summed E-state index contributed by atoms with van der Waals surface area (Å²) in [5.41, 5.74) is 6.02. The van der Waals surface area contributed by atoms with Crippen LogP contribution in [0.1, 0.15) is 91.4 Å². The first kappa shape index (κ1) is 55.1. The lowest BCUT2D eigenvalue weighted by molar-refractivity contribution is -0.310. The Labute approximate surface area is 375 Å². The highest BCUT2D eigenvalue weighted by atomic mass is 16.7. The quantitative estimate of drug-likeness (QED) is 0.173. The monoisotopic (exact) mass is 911 g/mol. The van der Waals surface area contributed by atoms with Crippen LogP contribution >= 0.6 is 0 Å². The number of cyclic esters (lactones) is 1. The van der Waals surface area contributed by atoms with Gasteiger partial charge in [0.2, 0.25) is 0 Å². The second-order valence-electron chi connectivity index (χ2n) is 17.4. The Morgan fingerprint density at radius 3 is 1.97 bits per heavy atom. The number of carbonyl (C=O) groups excluding carboxylic acids is 1. The molecule has 2 fully saturated rings. The Bertz CT molecular complexity index is 1590. The van der Waals surface area contributed by atoms with E-state index in [2.05, 4.69) is 0 Å². The van der Waals surface area contributed by atoms with Crippen molar-refractivity contribution in [1.82, 2.24) is 0 Å². The summed E-state index contributed by atoms with van der Waals surface area (Å²) in [5.74, 6) is -6.35. The summed E-state index contributed by atoms with van der Waals surface area (Å²) in [6.07, 6.45) is 2.54. The maximum Gasteiger partial charge on any atom is 0.311 e. The van der Waals surface area contributed by atoms with Crippen molar-refractivity contribution >= 4 is 11.9 Å². The summed E-state index contributed by atoms with van der Waals surface area (Å²) in [6.45, 7) is 5.00. The van der Waals surface area contributed by atoms with Crippen molar-refractivity contribution in [3.8, 4) is 0 Å². The number of allylic oxidation sites excluding steroid dienone is 10. The summed E-state index contributed by atoms with van der Waals surface area (Å²) in [7, 11) is 0. The van der Waals surface area contributed by atoms with E-state index in [1.54, 1.807) is 31.2 Å². The summed E-state index contributed by atoms with van der Waals surface area (Å²) in [6, 6.07) is -1.14. The minimum absolute atomic E-state index is 0.135. The Morgan fingerprint density at radius 1 is 0.703 bits per heavy atom. The maximum atomic E-state index is 12.5. The first-order chi connectivity index (χ1) is 30.2. The van der Waals surface area contributed by atoms with Gasteiger partial charge in [0.15, 0.2) is 12.1 Å². The number of aliphatic hydroxyl groups is 10. The second kappa shape index (κ2) is 27.5. The van der Waals surface area contributed by atoms with Gasteiger partial charge in [-0.1, -0.05) is 79.8 Å². The Hall–Kier alpha value is -3.18. The standard InChI is InChI=1S/C46H73NO17/c1-27-16-14-12-10-8-6-4-5-7-9-11-13-15-17-33(63-45-43(57)41(47)42(56)29(3)62-45)24-38-40(44(58)59)37(54)26-46(60,64-38)25-36(53)34(51)19-18-30(48)21-31(49)22-32(50)23-39(55)61-28(2)20-35(27)52/h4-5,7,9-17,27-38,40-43,45,48-54,56-57,60H,6,8,18-26,47H2,1-3H3,(H,58,59)/b5-4+,9-7+,12-10+,13-11+,16-14+,17-15+/t27-,28-,29+,30+,31+,32+,33-,34+,35-,36+,37-,38-,40+,41-,42+,43-,45-,46+/m0/s1. The van der Waals surface area contributed by atoms with Gasteiger partial charge in [0.05, 0.1) is 79.6 Å². The topological polar surface area (TPSA) is 320 Å². The number of esters is 1. The summed E-state index contributed by atoms with van der Waals surface area (Å²) in [5, 5.41) is 118. The minimum Gasteiger partial charge on any atom is -0.481 e. The zero-order valence-electron chi connectivity index (χ0n) is 37.0. The van der Waals surface area contributed by atoms with Gasteiger partial charge in [0, 0.05) is 31.6 Å². The number of carboxylic acids is 1. The molecule has 0 radical (unpaired) electrons. The molecule has 0 aromatic carbocycles. The number of nitrogens with two attached hydrogens (primary N) is 1. The number of hydrogen-bond acceptors (Lipinski definition) is 17. The molecule has 64 heavy (non-hydrogen) atoms. The average molecular weight is 912 g/mol. The van der Waals surface area contributed by atoms with Crippen molar-refractivity contribution < 1.29 is 84.7 Å². The molecule has 0 aromatic heterocycles. The number of hydrogen-bond donors (Lipinski definition) is 12. The zero-order chi connectivity index (χ0) is 47.6. The van der Waals surface area contributed by atoms with E-state index < -0.39 is 135 Å². The van der Waals surface area contributed by atoms with E-state index in [-0.39, 0.29) is 44.4 Å². The van der Waals surface area contributed by atoms with Crippen LogP contribution in [0.4, 0.5) is 0 Å². The SMILES string of the molecule is C[C@H]1C[C@H](O)[C@@H](C)/C=C/C=C/CC/C=C/C=C/C=C/C=C/[C@H](O[C@@H]2O[C@H](C)[C@@H](O)[C@H](N)[C@@H]2O)C[C@@H]2O[C@](O)(C[C@@H](O)[C@H](O)CC[C@@H](O)C[C@@H](O)C[C@@H](O)CC(=O)O1)C[C@H](O)[C@H]2C(=O)O. The molecule has 3 aliphatic rings. The van der Waals surface area contributed by atoms with Crippen LogP contribution in [0.2, 0.25) is 0 Å². The summed E-state index contributed by atoms with van der Waals surface area (Å²) >= 11 is 0. The lowest BCUT2D eigenvalue weighted by Crippen LogP contribution is -2.61. The molecule has 0 saturated carbocycles. The van der Waals surface area contributed by atoms with Crippen LogP contribution in [0.5, 0.6) is 0 Å². The van der Waals surface area contributed by atoms with Gasteiger partial charge in [-0.25, -0.2) is 0 Å². The summed E-state index contributed by atoms with van der Waals surface area (Å²) in [4.78, 5) is 24.9. The molecule has 3 heterocycles. The lowest BCUT2D eigenvalue weighted by atomic mass is 9.82. The van der Waals surface area contributed by atoms with E-state index in [4.69, 9.17) is 24.7 Å². The minimum atomic E-state index is -2.35. The predicted octanol–water partition coefficient (Wildman–Crippen LogP) is 0.690. The average Bonchev–Trinajstić information content (AvgIpc) is 3.19. The highest BCUT2D eigenvalue weighted by Crippen LogP contribution is 2.38. The Kier molecular flexibility index (Phi) is 23.7. The molecule has 18 atom stereocenters. The molecule has 0 unspecified atom stereocenters. The Balaban J connectivity index is 1.82. The second-order valence-corrected chi connectivity index (χ2v) is 17.4. The highest BCUT2D eigenvalue weighted by Gasteiger charge is 2.51. The molecule has 3 aliphatic heterocycles. The highest BCUT2D eigenvalue weighted by molar-refractivity contribution is 5.71. The lowest BCUT2D eigenvalue weighted by Gasteiger charge is -2.45. The van der Waals surface area contributed by atoms with E-state index in [9.17, 15) is 65.8 Å². The van der Waals surface area contributed by atoms with Gasteiger partial charge < -0.3 is 80.9 Å². The number of carboxylic acid groups (broad SMARTS) is 1. The van der Waals surface area contributed by atoms with Gasteiger partial charge >= 0.3 is 11.9 Å². The molecule has 0 amide bonds. The number of fused-ring (bicyclic) bond motifs is 2. The first-order valence-corrected chi connectivity index (χ1v) is 22.2.